The minimum atomic E-state index is -0.122. The lowest BCUT2D eigenvalue weighted by molar-refractivity contribution is 0.728. The Morgan fingerprint density at radius 2 is 1.57 bits per heavy atom. The molecule has 6 aromatic rings. The van der Waals surface area contributed by atoms with Gasteiger partial charge in [-0.1, -0.05) is 85.8 Å². The molecule has 2 aromatic carbocycles. The summed E-state index contributed by atoms with van der Waals surface area (Å²) in [5.74, 6) is 1.55. The van der Waals surface area contributed by atoms with Crippen LogP contribution < -0.4 is 5.32 Å². The minimum absolute atomic E-state index is 0.122. The summed E-state index contributed by atoms with van der Waals surface area (Å²) in [6.45, 7) is 4.02. The third-order valence-corrected chi connectivity index (χ3v) is 7.83. The lowest BCUT2D eigenvalue weighted by Gasteiger charge is -2.21. The van der Waals surface area contributed by atoms with Crippen molar-refractivity contribution in [3.8, 4) is 22.5 Å². The quantitative estimate of drug-likeness (QED) is 0.174. The zero-order valence-corrected chi connectivity index (χ0v) is 26.1. The molecule has 1 N–H and O–H groups in total. The Bertz CT molecular complexity index is 2150. The number of rotatable bonds is 8. The molecule has 1 aliphatic heterocycles. The van der Waals surface area contributed by atoms with Crippen LogP contribution in [0.1, 0.15) is 49.3 Å². The van der Waals surface area contributed by atoms with Gasteiger partial charge in [-0.15, -0.1) is 0 Å². The van der Waals surface area contributed by atoms with Gasteiger partial charge in [-0.05, 0) is 54.6 Å². The predicted molar refractivity (Wildman–Crippen MR) is 188 cm³/mol. The number of benzene rings is 2. The molecule has 8 nitrogen and oxygen atoms in total. The van der Waals surface area contributed by atoms with Crippen LogP contribution in [-0.4, -0.2) is 35.6 Å². The van der Waals surface area contributed by atoms with Gasteiger partial charge in [0.05, 0.1) is 28.8 Å². The molecule has 47 heavy (non-hydrogen) atoms. The molecule has 7 rings (SSSR count). The first-order chi connectivity index (χ1) is 23.2. The van der Waals surface area contributed by atoms with Gasteiger partial charge in [0.1, 0.15) is 5.70 Å². The van der Waals surface area contributed by atoms with Crippen molar-refractivity contribution in [3.63, 3.8) is 0 Å². The number of aromatic nitrogens is 6. The van der Waals surface area contributed by atoms with Crippen LogP contribution in [-0.2, 0) is 0 Å². The fourth-order valence-electron chi connectivity index (χ4n) is 5.48. The molecule has 1 atom stereocenters. The number of allylic oxidation sites excluding steroid dienone is 3. The fraction of sp³-hybridized carbons (Fsp3) is 0.103. The number of dihydropyridines is 1. The molecule has 4 aromatic heterocycles. The van der Waals surface area contributed by atoms with E-state index >= 15 is 0 Å². The van der Waals surface area contributed by atoms with Crippen LogP contribution in [0.3, 0.4) is 0 Å². The highest BCUT2D eigenvalue weighted by atomic mass is 15.1. The summed E-state index contributed by atoms with van der Waals surface area (Å²) in [7, 11) is 0. The van der Waals surface area contributed by atoms with Crippen molar-refractivity contribution in [2.75, 3.05) is 0 Å². The maximum Gasteiger partial charge on any atom is 0.182 e. The average Bonchev–Trinajstić information content (AvgIpc) is 3.15. The molecule has 0 amide bonds. The van der Waals surface area contributed by atoms with Crippen LogP contribution in [0, 0.1) is 0 Å². The van der Waals surface area contributed by atoms with Gasteiger partial charge >= 0.3 is 0 Å². The first-order valence-corrected chi connectivity index (χ1v) is 15.6. The summed E-state index contributed by atoms with van der Waals surface area (Å²) in [4.78, 5) is 33.4. The van der Waals surface area contributed by atoms with Crippen molar-refractivity contribution in [3.05, 3.63) is 157 Å². The van der Waals surface area contributed by atoms with Crippen LogP contribution >= 0.6 is 0 Å². The van der Waals surface area contributed by atoms with E-state index in [9.17, 15) is 0 Å². The van der Waals surface area contributed by atoms with Crippen LogP contribution in [0.5, 0.6) is 0 Å². The van der Waals surface area contributed by atoms with Crippen molar-refractivity contribution < 1.29 is 0 Å². The molecule has 0 bridgehead atoms. The zero-order chi connectivity index (χ0) is 32.0. The summed E-state index contributed by atoms with van der Waals surface area (Å²) in [5.41, 5.74) is 6.90. The summed E-state index contributed by atoms with van der Waals surface area (Å²) < 4.78 is 0. The molecule has 0 radical (unpaired) electrons. The second-order valence-electron chi connectivity index (χ2n) is 11.0. The van der Waals surface area contributed by atoms with Crippen LogP contribution in [0.25, 0.3) is 44.7 Å². The van der Waals surface area contributed by atoms with E-state index < -0.39 is 0 Å². The van der Waals surface area contributed by atoms with E-state index in [0.717, 1.165) is 56.7 Å². The highest BCUT2D eigenvalue weighted by Crippen LogP contribution is 2.30. The Labute approximate surface area is 273 Å². The monoisotopic (exact) mass is 612 g/mol. The standard InChI is InChI=1S/C39H32N8/c1-3-11-35(43-26(2)32-14-6-8-22-41-32)38-45-37(46-39(47-38)36-17-10-16-34(44-36)33-15-7-9-23-42-33)28-20-18-27(19-21-28)31-25-40-24-29-12-4-5-13-30(29)31/h4-25,34,44H,3H2,1-2H3/b35-11-,43-26?. The predicted octanol–water partition coefficient (Wildman–Crippen LogP) is 8.05. The number of hydrogen-bond acceptors (Lipinski definition) is 8. The summed E-state index contributed by atoms with van der Waals surface area (Å²) in [5, 5.41) is 5.82. The molecule has 228 valence electrons. The van der Waals surface area contributed by atoms with Gasteiger partial charge in [-0.3, -0.25) is 15.0 Å². The van der Waals surface area contributed by atoms with Gasteiger partial charge in [-0.2, -0.15) is 0 Å². The normalized spacial score (nSPS) is 14.9. The first kappa shape index (κ1) is 29.6. The number of nitrogens with zero attached hydrogens (tertiary/aromatic N) is 7. The number of hydrogen-bond donors (Lipinski definition) is 1. The van der Waals surface area contributed by atoms with Gasteiger partial charge in [-0.25, -0.2) is 19.9 Å². The summed E-state index contributed by atoms with van der Waals surface area (Å²) in [6.07, 6.45) is 16.2. The lowest BCUT2D eigenvalue weighted by atomic mass is 10.00. The van der Waals surface area contributed by atoms with Gasteiger partial charge in [0, 0.05) is 41.3 Å². The van der Waals surface area contributed by atoms with Crippen LogP contribution in [0.4, 0.5) is 0 Å². The molecule has 0 aliphatic carbocycles. The molecule has 0 fully saturated rings. The fourth-order valence-corrected chi connectivity index (χ4v) is 5.48. The molecule has 8 heteroatoms. The average molecular weight is 613 g/mol. The summed E-state index contributed by atoms with van der Waals surface area (Å²) >= 11 is 0. The van der Waals surface area contributed by atoms with E-state index in [4.69, 9.17) is 19.9 Å². The topological polar surface area (TPSA) is 102 Å². The van der Waals surface area contributed by atoms with Gasteiger partial charge in [0.25, 0.3) is 0 Å². The van der Waals surface area contributed by atoms with Crippen LogP contribution in [0.15, 0.2) is 139 Å². The molecule has 0 saturated heterocycles. The van der Waals surface area contributed by atoms with E-state index in [2.05, 4.69) is 63.6 Å². The number of pyridine rings is 3. The highest BCUT2D eigenvalue weighted by molar-refractivity contribution is 6.00. The third kappa shape index (κ3) is 6.48. The van der Waals surface area contributed by atoms with E-state index in [-0.39, 0.29) is 6.04 Å². The molecular weight excluding hydrogens is 580 g/mol. The van der Waals surface area contributed by atoms with Crippen molar-refractivity contribution in [1.82, 2.24) is 35.2 Å². The second-order valence-corrected chi connectivity index (χ2v) is 11.0. The minimum Gasteiger partial charge on any atom is -0.370 e. The Balaban J connectivity index is 1.31. The van der Waals surface area contributed by atoms with E-state index in [0.29, 0.717) is 23.2 Å². The molecule has 0 spiro atoms. The van der Waals surface area contributed by atoms with Crippen molar-refractivity contribution in [2.45, 2.75) is 26.3 Å². The van der Waals surface area contributed by atoms with E-state index in [1.165, 1.54) is 0 Å². The van der Waals surface area contributed by atoms with Gasteiger partial charge in [0.2, 0.25) is 0 Å². The van der Waals surface area contributed by atoms with Crippen LogP contribution in [0.2, 0.25) is 0 Å². The molecule has 1 aliphatic rings. The molecule has 1 unspecified atom stereocenters. The third-order valence-electron chi connectivity index (χ3n) is 7.83. The molecule has 5 heterocycles. The van der Waals surface area contributed by atoms with Crippen molar-refractivity contribution >= 4 is 27.9 Å². The van der Waals surface area contributed by atoms with Gasteiger partial charge in [0.15, 0.2) is 17.5 Å². The Morgan fingerprint density at radius 3 is 2.36 bits per heavy atom. The SMILES string of the molecule is CC/C=C(\N=C(C)c1ccccn1)c1nc(C2=CC=CC(c3ccccn3)N2)nc(-c2ccc(-c3cncc4ccccc34)cc2)n1. The molecule has 0 saturated carbocycles. The highest BCUT2D eigenvalue weighted by Gasteiger charge is 2.20. The van der Waals surface area contributed by atoms with Gasteiger partial charge < -0.3 is 5.32 Å². The molecular formula is C39H32N8. The Kier molecular flexibility index (Phi) is 8.46. The largest absolute Gasteiger partial charge is 0.370 e. The Hall–Kier alpha value is -6.15. The number of nitrogens with one attached hydrogen (secondary N) is 1. The maximum absolute atomic E-state index is 4.98. The number of fused-ring (bicyclic) bond motifs is 1. The summed E-state index contributed by atoms with van der Waals surface area (Å²) in [6, 6.07) is 28.1. The zero-order valence-electron chi connectivity index (χ0n) is 26.1. The smallest absolute Gasteiger partial charge is 0.182 e. The van der Waals surface area contributed by atoms with E-state index in [1.54, 1.807) is 12.4 Å². The maximum atomic E-state index is 4.98. The number of aliphatic imine (C=N–C) groups is 1. The first-order valence-electron chi connectivity index (χ1n) is 15.6. The van der Waals surface area contributed by atoms with E-state index in [1.807, 2.05) is 92.1 Å². The second kappa shape index (κ2) is 13.5. The van der Waals surface area contributed by atoms with Crippen molar-refractivity contribution in [1.29, 1.82) is 0 Å². The Morgan fingerprint density at radius 1 is 0.809 bits per heavy atom. The van der Waals surface area contributed by atoms with Crippen molar-refractivity contribution in [2.24, 2.45) is 4.99 Å². The lowest BCUT2D eigenvalue weighted by Crippen LogP contribution is -2.23.